The Morgan fingerprint density at radius 3 is 2.52 bits per heavy atom. The molecule has 1 aliphatic heterocycles. The van der Waals surface area contributed by atoms with Crippen LogP contribution in [0.2, 0.25) is 0 Å². The Kier molecular flexibility index (Phi) is 4.20. The van der Waals surface area contributed by atoms with E-state index in [1.165, 1.54) is 7.11 Å². The number of aromatic amines is 1. The second-order valence-electron chi connectivity index (χ2n) is 4.37. The van der Waals surface area contributed by atoms with E-state index in [-0.39, 0.29) is 17.6 Å². The first-order valence-electron chi connectivity index (χ1n) is 6.55. The van der Waals surface area contributed by atoms with E-state index in [2.05, 4.69) is 25.4 Å². The van der Waals surface area contributed by atoms with Crippen LogP contribution >= 0.6 is 0 Å². The van der Waals surface area contributed by atoms with E-state index in [1.54, 1.807) is 6.92 Å². The maximum atomic E-state index is 12.1. The fraction of sp³-hybridized carbons (Fsp3) is 0.583. The highest BCUT2D eigenvalue weighted by Gasteiger charge is 2.42. The molecule has 0 spiro atoms. The Hall–Kier alpha value is -2.45. The van der Waals surface area contributed by atoms with Crippen molar-refractivity contribution in [2.75, 3.05) is 7.11 Å². The topological polar surface area (TPSA) is 111 Å². The number of azo groups is 1. The lowest BCUT2D eigenvalue weighted by atomic mass is 10.1. The summed E-state index contributed by atoms with van der Waals surface area (Å²) in [6.07, 6.45) is 0.985. The predicted octanol–water partition coefficient (Wildman–Crippen LogP) is 2.10. The Labute approximate surface area is 121 Å². The number of H-pyrrole nitrogens is 1. The molecule has 0 saturated carbocycles. The molecule has 0 saturated heterocycles. The molecule has 0 unspecified atom stereocenters. The van der Waals surface area contributed by atoms with Gasteiger partial charge in [0, 0.05) is 12.8 Å². The normalized spacial score (nSPS) is 17.8. The molecule has 9 heteroatoms. The van der Waals surface area contributed by atoms with Crippen LogP contribution in [0.1, 0.15) is 32.5 Å². The van der Waals surface area contributed by atoms with Gasteiger partial charge in [-0.15, -0.1) is 15.3 Å². The first kappa shape index (κ1) is 14.9. The molecule has 0 aliphatic carbocycles. The number of nitrogens with one attached hydrogen (secondary N) is 1. The fourth-order valence-electron chi connectivity index (χ4n) is 1.77. The number of hydrogen-bond acceptors (Lipinski definition) is 8. The lowest BCUT2D eigenvalue weighted by Crippen LogP contribution is -2.41. The van der Waals surface area contributed by atoms with Crippen molar-refractivity contribution in [1.29, 1.82) is 0 Å². The van der Waals surface area contributed by atoms with Crippen molar-refractivity contribution in [1.82, 2.24) is 15.2 Å². The molecule has 1 aliphatic rings. The SMILES string of the molecule is CCC1(CC)OC(=O)C(N=Nc2n[nH]c(C)n2)=C(OC)O1. The Bertz CT molecular complexity index is 588. The number of nitrogens with zero attached hydrogens (tertiary/aromatic N) is 4. The third-order valence-electron chi connectivity index (χ3n) is 3.03. The number of methoxy groups -OCH3 is 1. The zero-order valence-electron chi connectivity index (χ0n) is 12.3. The zero-order chi connectivity index (χ0) is 15.5. The van der Waals surface area contributed by atoms with Gasteiger partial charge in [0.05, 0.1) is 7.11 Å². The van der Waals surface area contributed by atoms with Crippen molar-refractivity contribution in [3.05, 3.63) is 17.5 Å². The summed E-state index contributed by atoms with van der Waals surface area (Å²) in [5.74, 6) is -1.01. The fourth-order valence-corrected chi connectivity index (χ4v) is 1.77. The van der Waals surface area contributed by atoms with Crippen molar-refractivity contribution >= 4 is 11.9 Å². The highest BCUT2D eigenvalue weighted by molar-refractivity contribution is 5.89. The van der Waals surface area contributed by atoms with Crippen LogP contribution in [-0.4, -0.2) is 34.0 Å². The van der Waals surface area contributed by atoms with Crippen LogP contribution in [0.4, 0.5) is 5.95 Å². The average Bonchev–Trinajstić information content (AvgIpc) is 2.90. The maximum Gasteiger partial charge on any atom is 0.369 e. The van der Waals surface area contributed by atoms with Crippen molar-refractivity contribution in [2.24, 2.45) is 10.2 Å². The van der Waals surface area contributed by atoms with Crippen LogP contribution in [0.15, 0.2) is 21.9 Å². The molecular formula is C12H17N5O4. The molecule has 21 heavy (non-hydrogen) atoms. The Balaban J connectivity index is 2.29. The summed E-state index contributed by atoms with van der Waals surface area (Å²) < 4.78 is 16.0. The molecule has 9 nitrogen and oxygen atoms in total. The number of cyclic esters (lactones) is 1. The molecule has 1 N–H and O–H groups in total. The number of hydrogen-bond donors (Lipinski definition) is 1. The van der Waals surface area contributed by atoms with Crippen LogP contribution in [0.3, 0.4) is 0 Å². The van der Waals surface area contributed by atoms with E-state index in [0.717, 1.165) is 0 Å². The number of carbonyl (C=O) groups excluding carboxylic acids is 1. The first-order valence-corrected chi connectivity index (χ1v) is 6.55. The van der Waals surface area contributed by atoms with E-state index >= 15 is 0 Å². The maximum absolute atomic E-state index is 12.1. The van der Waals surface area contributed by atoms with Crippen LogP contribution in [0, 0.1) is 6.92 Å². The van der Waals surface area contributed by atoms with E-state index in [1.807, 2.05) is 13.8 Å². The van der Waals surface area contributed by atoms with Gasteiger partial charge in [0.15, 0.2) is 0 Å². The molecule has 0 fully saturated rings. The van der Waals surface area contributed by atoms with Gasteiger partial charge < -0.3 is 14.2 Å². The minimum Gasteiger partial charge on any atom is -0.467 e. The molecule has 114 valence electrons. The third kappa shape index (κ3) is 3.01. The van der Waals surface area contributed by atoms with Gasteiger partial charge >= 0.3 is 11.9 Å². The molecule has 2 heterocycles. The van der Waals surface area contributed by atoms with Crippen molar-refractivity contribution < 1.29 is 19.0 Å². The average molecular weight is 295 g/mol. The van der Waals surface area contributed by atoms with Crippen molar-refractivity contribution in [3.8, 4) is 0 Å². The van der Waals surface area contributed by atoms with Crippen molar-refractivity contribution in [3.63, 3.8) is 0 Å². The lowest BCUT2D eigenvalue weighted by molar-refractivity contribution is -0.243. The molecule has 0 radical (unpaired) electrons. The second-order valence-corrected chi connectivity index (χ2v) is 4.37. The summed E-state index contributed by atoms with van der Waals surface area (Å²) >= 11 is 0. The number of esters is 1. The summed E-state index contributed by atoms with van der Waals surface area (Å²) in [7, 11) is 1.39. The van der Waals surface area contributed by atoms with E-state index in [4.69, 9.17) is 14.2 Å². The summed E-state index contributed by atoms with van der Waals surface area (Å²) in [5.41, 5.74) is -0.155. The Morgan fingerprint density at radius 2 is 2.00 bits per heavy atom. The standard InChI is InChI=1S/C12H17N5O4/c1-5-12(6-2)20-9(18)8(10(19-4)21-12)15-17-11-13-7(3)14-16-11/h5-6H2,1-4H3,(H,13,14,16). The number of aromatic nitrogens is 3. The molecular weight excluding hydrogens is 278 g/mol. The molecule has 0 amide bonds. The predicted molar refractivity (Wildman–Crippen MR) is 70.2 cm³/mol. The van der Waals surface area contributed by atoms with Gasteiger partial charge in [-0.05, 0) is 6.92 Å². The summed E-state index contributed by atoms with van der Waals surface area (Å²) in [6.45, 7) is 5.43. The zero-order valence-corrected chi connectivity index (χ0v) is 12.3. The quantitative estimate of drug-likeness (QED) is 0.657. The molecule has 1 aromatic heterocycles. The van der Waals surface area contributed by atoms with Gasteiger partial charge in [-0.25, -0.2) is 4.79 Å². The monoisotopic (exact) mass is 295 g/mol. The molecule has 0 atom stereocenters. The minimum absolute atomic E-state index is 0.0223. The number of ether oxygens (including phenoxy) is 3. The molecule has 2 rings (SSSR count). The summed E-state index contributed by atoms with van der Waals surface area (Å²) in [5, 5.41) is 13.9. The van der Waals surface area contributed by atoms with Crippen LogP contribution in [-0.2, 0) is 19.0 Å². The highest BCUT2D eigenvalue weighted by atomic mass is 16.8. The van der Waals surface area contributed by atoms with Gasteiger partial charge in [0.1, 0.15) is 5.82 Å². The van der Waals surface area contributed by atoms with Gasteiger partial charge in [0.2, 0.25) is 0 Å². The van der Waals surface area contributed by atoms with E-state index < -0.39 is 11.8 Å². The van der Waals surface area contributed by atoms with Gasteiger partial charge in [-0.1, -0.05) is 13.8 Å². The molecule has 0 bridgehead atoms. The lowest BCUT2D eigenvalue weighted by Gasteiger charge is -2.35. The minimum atomic E-state index is -1.03. The van der Waals surface area contributed by atoms with Crippen molar-refractivity contribution in [2.45, 2.75) is 39.4 Å². The molecule has 0 aromatic carbocycles. The van der Waals surface area contributed by atoms with Crippen LogP contribution in [0.25, 0.3) is 0 Å². The highest BCUT2D eigenvalue weighted by Crippen LogP contribution is 2.33. The second kappa shape index (κ2) is 5.90. The number of rotatable bonds is 5. The molecule has 1 aromatic rings. The third-order valence-corrected chi connectivity index (χ3v) is 3.03. The smallest absolute Gasteiger partial charge is 0.369 e. The van der Waals surface area contributed by atoms with Crippen LogP contribution < -0.4 is 0 Å². The van der Waals surface area contributed by atoms with E-state index in [9.17, 15) is 4.79 Å². The summed E-state index contributed by atoms with van der Waals surface area (Å²) in [4.78, 5) is 16.0. The van der Waals surface area contributed by atoms with Gasteiger partial charge in [0.25, 0.3) is 17.4 Å². The first-order chi connectivity index (χ1) is 10.0. The number of carbonyl (C=O) groups is 1. The van der Waals surface area contributed by atoms with Gasteiger partial charge in [-0.3, -0.25) is 5.10 Å². The Morgan fingerprint density at radius 1 is 1.29 bits per heavy atom. The van der Waals surface area contributed by atoms with Gasteiger partial charge in [-0.2, -0.15) is 4.98 Å². The number of aryl methyl sites for hydroxylation is 1. The summed E-state index contributed by atoms with van der Waals surface area (Å²) in [6, 6.07) is 0. The largest absolute Gasteiger partial charge is 0.467 e. The van der Waals surface area contributed by atoms with Crippen LogP contribution in [0.5, 0.6) is 0 Å². The van der Waals surface area contributed by atoms with E-state index in [0.29, 0.717) is 18.7 Å².